The molecule has 1 aliphatic rings. The van der Waals surface area contributed by atoms with Crippen molar-refractivity contribution in [3.05, 3.63) is 0 Å². The SMILES string of the molecule is CCC(C)[C@H](NC(=O)NCC(=O)N1CCCC1)C(=O)O. The van der Waals surface area contributed by atoms with Gasteiger partial charge in [-0.25, -0.2) is 9.59 Å². The van der Waals surface area contributed by atoms with Gasteiger partial charge in [0.1, 0.15) is 6.04 Å². The standard InChI is InChI=1S/C13H23N3O4/c1-3-9(2)11(12(18)19)15-13(20)14-8-10(17)16-6-4-5-7-16/h9,11H,3-8H2,1-2H3,(H,18,19)(H2,14,15,20)/t9?,11-/m0/s1. The summed E-state index contributed by atoms with van der Waals surface area (Å²) in [6.07, 6.45) is 2.63. The van der Waals surface area contributed by atoms with Gasteiger partial charge < -0.3 is 20.6 Å². The maximum absolute atomic E-state index is 11.7. The molecule has 114 valence electrons. The van der Waals surface area contributed by atoms with Crippen LogP contribution in [0.2, 0.25) is 0 Å². The van der Waals surface area contributed by atoms with Crippen LogP contribution in [-0.4, -0.2) is 53.6 Å². The number of carboxylic acid groups (broad SMARTS) is 1. The van der Waals surface area contributed by atoms with Gasteiger partial charge >= 0.3 is 12.0 Å². The Morgan fingerprint density at radius 2 is 1.85 bits per heavy atom. The van der Waals surface area contributed by atoms with E-state index in [-0.39, 0.29) is 18.4 Å². The fourth-order valence-electron chi connectivity index (χ4n) is 2.11. The predicted octanol–water partition coefficient (Wildman–Crippen LogP) is 0.407. The summed E-state index contributed by atoms with van der Waals surface area (Å²) in [6, 6.07) is -1.56. The van der Waals surface area contributed by atoms with E-state index in [2.05, 4.69) is 10.6 Å². The number of carboxylic acids is 1. The van der Waals surface area contributed by atoms with Crippen LogP contribution >= 0.6 is 0 Å². The molecule has 0 spiro atoms. The Morgan fingerprint density at radius 3 is 2.35 bits per heavy atom. The molecule has 2 atom stereocenters. The van der Waals surface area contributed by atoms with Crippen LogP contribution in [0.25, 0.3) is 0 Å². The van der Waals surface area contributed by atoms with Gasteiger partial charge in [-0.3, -0.25) is 4.79 Å². The van der Waals surface area contributed by atoms with Crippen LogP contribution in [0, 0.1) is 5.92 Å². The lowest BCUT2D eigenvalue weighted by Crippen LogP contribution is -2.51. The second kappa shape index (κ2) is 7.72. The summed E-state index contributed by atoms with van der Waals surface area (Å²) in [5, 5.41) is 13.9. The number of likely N-dealkylation sites (tertiary alicyclic amines) is 1. The first-order valence-electron chi connectivity index (χ1n) is 7.00. The van der Waals surface area contributed by atoms with Crippen molar-refractivity contribution in [2.45, 2.75) is 39.2 Å². The number of aliphatic carboxylic acids is 1. The van der Waals surface area contributed by atoms with Gasteiger partial charge in [0.15, 0.2) is 0 Å². The third-order valence-electron chi connectivity index (χ3n) is 3.62. The summed E-state index contributed by atoms with van der Waals surface area (Å²) in [4.78, 5) is 36.1. The summed E-state index contributed by atoms with van der Waals surface area (Å²) < 4.78 is 0. The molecule has 0 aromatic heterocycles. The number of carbonyl (C=O) groups excluding carboxylic acids is 2. The summed E-state index contributed by atoms with van der Waals surface area (Å²) >= 11 is 0. The van der Waals surface area contributed by atoms with E-state index in [1.807, 2.05) is 6.92 Å². The summed E-state index contributed by atoms with van der Waals surface area (Å²) in [5.74, 6) is -1.37. The van der Waals surface area contributed by atoms with E-state index < -0.39 is 18.0 Å². The molecule has 1 saturated heterocycles. The van der Waals surface area contributed by atoms with E-state index in [0.29, 0.717) is 6.42 Å². The van der Waals surface area contributed by atoms with Crippen LogP contribution in [0.15, 0.2) is 0 Å². The highest BCUT2D eigenvalue weighted by Gasteiger charge is 2.25. The van der Waals surface area contributed by atoms with Crippen molar-refractivity contribution in [3.63, 3.8) is 0 Å². The molecule has 1 heterocycles. The smallest absolute Gasteiger partial charge is 0.326 e. The Labute approximate surface area is 118 Å². The van der Waals surface area contributed by atoms with E-state index in [1.54, 1.807) is 11.8 Å². The normalized spacial score (nSPS) is 17.4. The van der Waals surface area contributed by atoms with E-state index >= 15 is 0 Å². The second-order valence-electron chi connectivity index (χ2n) is 5.12. The van der Waals surface area contributed by atoms with Crippen molar-refractivity contribution >= 4 is 17.9 Å². The summed E-state index contributed by atoms with van der Waals surface area (Å²) in [6.45, 7) is 4.98. The lowest BCUT2D eigenvalue weighted by molar-refractivity contribution is -0.140. The molecule has 3 N–H and O–H groups in total. The molecule has 1 fully saturated rings. The molecule has 0 aliphatic carbocycles. The number of nitrogens with one attached hydrogen (secondary N) is 2. The predicted molar refractivity (Wildman–Crippen MR) is 73.2 cm³/mol. The highest BCUT2D eigenvalue weighted by molar-refractivity contribution is 5.86. The number of amides is 3. The molecule has 7 nitrogen and oxygen atoms in total. The van der Waals surface area contributed by atoms with Gasteiger partial charge in [0.05, 0.1) is 6.54 Å². The van der Waals surface area contributed by atoms with Crippen LogP contribution in [-0.2, 0) is 9.59 Å². The first-order valence-corrected chi connectivity index (χ1v) is 7.00. The minimum atomic E-state index is -1.07. The van der Waals surface area contributed by atoms with Crippen molar-refractivity contribution in [1.82, 2.24) is 15.5 Å². The number of hydrogen-bond donors (Lipinski definition) is 3. The largest absolute Gasteiger partial charge is 0.480 e. The fraction of sp³-hybridized carbons (Fsp3) is 0.769. The first-order chi connectivity index (χ1) is 9.45. The molecule has 0 radical (unpaired) electrons. The minimum absolute atomic E-state index is 0.0985. The number of carbonyl (C=O) groups is 3. The first kappa shape index (κ1) is 16.3. The minimum Gasteiger partial charge on any atom is -0.480 e. The quantitative estimate of drug-likeness (QED) is 0.658. The zero-order chi connectivity index (χ0) is 15.1. The van der Waals surface area contributed by atoms with Crippen LogP contribution in [0.1, 0.15) is 33.1 Å². The molecule has 0 bridgehead atoms. The van der Waals surface area contributed by atoms with Crippen LogP contribution in [0.5, 0.6) is 0 Å². The maximum atomic E-state index is 11.7. The van der Waals surface area contributed by atoms with Crippen molar-refractivity contribution in [2.75, 3.05) is 19.6 Å². The monoisotopic (exact) mass is 285 g/mol. The van der Waals surface area contributed by atoms with Crippen molar-refractivity contribution in [2.24, 2.45) is 5.92 Å². The van der Waals surface area contributed by atoms with Gasteiger partial charge in [-0.05, 0) is 18.8 Å². The molecule has 3 amide bonds. The Morgan fingerprint density at radius 1 is 1.25 bits per heavy atom. The second-order valence-corrected chi connectivity index (χ2v) is 5.12. The van der Waals surface area contributed by atoms with Crippen molar-refractivity contribution in [1.29, 1.82) is 0 Å². The van der Waals surface area contributed by atoms with Gasteiger partial charge in [-0.2, -0.15) is 0 Å². The Kier molecular flexibility index (Phi) is 6.27. The molecule has 0 saturated carbocycles. The zero-order valence-corrected chi connectivity index (χ0v) is 12.0. The van der Waals surface area contributed by atoms with Gasteiger partial charge in [-0.1, -0.05) is 20.3 Å². The summed E-state index contributed by atoms with van der Waals surface area (Å²) in [5.41, 5.74) is 0. The molecule has 0 aromatic carbocycles. The Bertz CT molecular complexity index is 367. The average Bonchev–Trinajstić information content (AvgIpc) is 2.95. The van der Waals surface area contributed by atoms with E-state index in [4.69, 9.17) is 5.11 Å². The third-order valence-corrected chi connectivity index (χ3v) is 3.62. The summed E-state index contributed by atoms with van der Waals surface area (Å²) in [7, 11) is 0. The number of urea groups is 1. The lowest BCUT2D eigenvalue weighted by Gasteiger charge is -2.21. The Balaban J connectivity index is 2.37. The van der Waals surface area contributed by atoms with E-state index in [1.165, 1.54) is 0 Å². The van der Waals surface area contributed by atoms with Crippen LogP contribution < -0.4 is 10.6 Å². The van der Waals surface area contributed by atoms with Gasteiger partial charge in [0.25, 0.3) is 0 Å². The zero-order valence-electron chi connectivity index (χ0n) is 12.0. The van der Waals surface area contributed by atoms with Crippen molar-refractivity contribution < 1.29 is 19.5 Å². The fourth-order valence-corrected chi connectivity index (χ4v) is 2.11. The maximum Gasteiger partial charge on any atom is 0.326 e. The molecule has 0 aromatic rings. The highest BCUT2D eigenvalue weighted by Crippen LogP contribution is 2.08. The lowest BCUT2D eigenvalue weighted by atomic mass is 9.99. The number of rotatable bonds is 6. The molecular formula is C13H23N3O4. The van der Waals surface area contributed by atoms with Crippen LogP contribution in [0.4, 0.5) is 4.79 Å². The molecule has 1 unspecified atom stereocenters. The van der Waals surface area contributed by atoms with E-state index in [0.717, 1.165) is 25.9 Å². The van der Waals surface area contributed by atoms with Crippen LogP contribution in [0.3, 0.4) is 0 Å². The van der Waals surface area contributed by atoms with Crippen molar-refractivity contribution in [3.8, 4) is 0 Å². The molecule has 20 heavy (non-hydrogen) atoms. The van der Waals surface area contributed by atoms with Gasteiger partial charge in [-0.15, -0.1) is 0 Å². The van der Waals surface area contributed by atoms with Gasteiger partial charge in [0.2, 0.25) is 5.91 Å². The topological polar surface area (TPSA) is 98.7 Å². The van der Waals surface area contributed by atoms with Gasteiger partial charge in [0, 0.05) is 13.1 Å². The third kappa shape index (κ3) is 4.71. The molecule has 1 aliphatic heterocycles. The molecule has 1 rings (SSSR count). The number of nitrogens with zero attached hydrogens (tertiary/aromatic N) is 1. The average molecular weight is 285 g/mol. The Hall–Kier alpha value is -1.79. The van der Waals surface area contributed by atoms with E-state index in [9.17, 15) is 14.4 Å². The molecular weight excluding hydrogens is 262 g/mol. The highest BCUT2D eigenvalue weighted by atomic mass is 16.4. The molecule has 7 heteroatoms. The number of hydrogen-bond acceptors (Lipinski definition) is 3.